The number of aromatic nitrogens is 1. The van der Waals surface area contributed by atoms with E-state index in [9.17, 15) is 9.59 Å². The number of carbonyl (C=O) groups is 2. The fourth-order valence-corrected chi connectivity index (χ4v) is 1.68. The maximum absolute atomic E-state index is 11.8. The first-order chi connectivity index (χ1) is 8.66. The van der Waals surface area contributed by atoms with E-state index in [1.54, 1.807) is 12.3 Å². The number of carbonyl (C=O) groups excluding carboxylic acids is 2. The maximum Gasteiger partial charge on any atom is 0.315 e. The third kappa shape index (κ3) is 3.04. The van der Waals surface area contributed by atoms with E-state index in [0.717, 1.165) is 5.56 Å². The molecule has 0 unspecified atom stereocenters. The van der Waals surface area contributed by atoms with Gasteiger partial charge in [-0.1, -0.05) is 0 Å². The molecule has 1 N–H and O–H groups in total. The summed E-state index contributed by atoms with van der Waals surface area (Å²) in [7, 11) is 0. The zero-order valence-corrected chi connectivity index (χ0v) is 10.2. The lowest BCUT2D eigenvalue weighted by Gasteiger charge is -2.25. The van der Waals surface area contributed by atoms with Crippen LogP contribution in [0.4, 0.5) is 5.82 Å². The number of aryl methyl sites for hydroxylation is 1. The highest BCUT2D eigenvalue weighted by molar-refractivity contribution is 6.39. The van der Waals surface area contributed by atoms with Gasteiger partial charge in [0.15, 0.2) is 0 Å². The highest BCUT2D eigenvalue weighted by Crippen LogP contribution is 2.06. The number of pyridine rings is 1. The molecule has 2 heterocycles. The Morgan fingerprint density at radius 1 is 1.39 bits per heavy atom. The van der Waals surface area contributed by atoms with Crippen LogP contribution >= 0.6 is 0 Å². The molecule has 0 atom stereocenters. The van der Waals surface area contributed by atoms with Crippen LogP contribution < -0.4 is 5.32 Å². The van der Waals surface area contributed by atoms with Crippen molar-refractivity contribution in [1.82, 2.24) is 9.88 Å². The van der Waals surface area contributed by atoms with Gasteiger partial charge in [0, 0.05) is 19.3 Å². The lowest BCUT2D eigenvalue weighted by molar-refractivity contribution is -0.145. The second kappa shape index (κ2) is 5.59. The number of hydrogen-bond acceptors (Lipinski definition) is 4. The molecule has 0 aromatic carbocycles. The van der Waals surface area contributed by atoms with E-state index in [1.807, 2.05) is 13.0 Å². The molecule has 2 amide bonds. The Kier molecular flexibility index (Phi) is 3.88. The van der Waals surface area contributed by atoms with Crippen LogP contribution in [0.1, 0.15) is 5.56 Å². The van der Waals surface area contributed by atoms with Gasteiger partial charge in [0.25, 0.3) is 0 Å². The molecule has 1 aliphatic heterocycles. The first-order valence-electron chi connectivity index (χ1n) is 5.77. The Labute approximate surface area is 105 Å². The normalized spacial score (nSPS) is 15.3. The van der Waals surface area contributed by atoms with Crippen LogP contribution in [-0.2, 0) is 14.3 Å². The molecule has 1 fully saturated rings. The van der Waals surface area contributed by atoms with Crippen molar-refractivity contribution >= 4 is 17.6 Å². The minimum atomic E-state index is -0.657. The zero-order valence-electron chi connectivity index (χ0n) is 10.2. The number of anilines is 1. The number of nitrogens with zero attached hydrogens (tertiary/aromatic N) is 2. The molecule has 1 saturated heterocycles. The van der Waals surface area contributed by atoms with Gasteiger partial charge in [0.1, 0.15) is 5.82 Å². The van der Waals surface area contributed by atoms with E-state index >= 15 is 0 Å². The smallest absolute Gasteiger partial charge is 0.315 e. The molecule has 18 heavy (non-hydrogen) atoms. The SMILES string of the molecule is Cc1ccnc(NC(=O)C(=O)N2CCOCC2)c1. The van der Waals surface area contributed by atoms with Crippen LogP contribution in [-0.4, -0.2) is 48.0 Å². The van der Waals surface area contributed by atoms with Crippen LogP contribution in [0.15, 0.2) is 18.3 Å². The summed E-state index contributed by atoms with van der Waals surface area (Å²) in [5.41, 5.74) is 0.971. The lowest BCUT2D eigenvalue weighted by atomic mass is 10.3. The summed E-state index contributed by atoms with van der Waals surface area (Å²) in [5.74, 6) is -0.807. The van der Waals surface area contributed by atoms with Crippen molar-refractivity contribution in [2.24, 2.45) is 0 Å². The monoisotopic (exact) mass is 249 g/mol. The summed E-state index contributed by atoms with van der Waals surface area (Å²) in [6.07, 6.45) is 1.59. The highest BCUT2D eigenvalue weighted by atomic mass is 16.5. The third-order valence-electron chi connectivity index (χ3n) is 2.65. The molecule has 1 aromatic heterocycles. The van der Waals surface area contributed by atoms with Gasteiger partial charge in [-0.2, -0.15) is 0 Å². The molecular weight excluding hydrogens is 234 g/mol. The summed E-state index contributed by atoms with van der Waals surface area (Å²) < 4.78 is 5.13. The van der Waals surface area contributed by atoms with E-state index in [2.05, 4.69) is 10.3 Å². The Morgan fingerprint density at radius 2 is 2.11 bits per heavy atom. The van der Waals surface area contributed by atoms with Crippen LogP contribution in [0.3, 0.4) is 0 Å². The molecule has 0 saturated carbocycles. The minimum Gasteiger partial charge on any atom is -0.378 e. The largest absolute Gasteiger partial charge is 0.378 e. The molecule has 1 aliphatic rings. The second-order valence-electron chi connectivity index (χ2n) is 4.08. The molecule has 2 rings (SSSR count). The van der Waals surface area contributed by atoms with Gasteiger partial charge in [0.05, 0.1) is 13.2 Å². The summed E-state index contributed by atoms with van der Waals surface area (Å²) in [6.45, 7) is 3.74. The Hall–Kier alpha value is -1.95. The van der Waals surface area contributed by atoms with Gasteiger partial charge < -0.3 is 15.0 Å². The van der Waals surface area contributed by atoms with Gasteiger partial charge in [-0.25, -0.2) is 4.98 Å². The van der Waals surface area contributed by atoms with Crippen LogP contribution in [0.25, 0.3) is 0 Å². The highest BCUT2D eigenvalue weighted by Gasteiger charge is 2.23. The van der Waals surface area contributed by atoms with Crippen molar-refractivity contribution in [3.8, 4) is 0 Å². The first kappa shape index (κ1) is 12.5. The summed E-state index contributed by atoms with van der Waals surface area (Å²) >= 11 is 0. The summed E-state index contributed by atoms with van der Waals surface area (Å²) in [5, 5.41) is 2.50. The van der Waals surface area contributed by atoms with Crippen molar-refractivity contribution in [3.05, 3.63) is 23.9 Å². The fourth-order valence-electron chi connectivity index (χ4n) is 1.68. The van der Waals surface area contributed by atoms with E-state index in [1.165, 1.54) is 4.90 Å². The molecule has 0 bridgehead atoms. The van der Waals surface area contributed by atoms with Crippen molar-refractivity contribution in [2.45, 2.75) is 6.92 Å². The van der Waals surface area contributed by atoms with Crippen molar-refractivity contribution in [3.63, 3.8) is 0 Å². The first-order valence-corrected chi connectivity index (χ1v) is 5.77. The van der Waals surface area contributed by atoms with Gasteiger partial charge in [0.2, 0.25) is 0 Å². The number of nitrogens with one attached hydrogen (secondary N) is 1. The zero-order chi connectivity index (χ0) is 13.0. The molecule has 0 aliphatic carbocycles. The average molecular weight is 249 g/mol. The molecule has 1 aromatic rings. The van der Waals surface area contributed by atoms with Gasteiger partial charge >= 0.3 is 11.8 Å². The second-order valence-corrected chi connectivity index (χ2v) is 4.08. The van der Waals surface area contributed by atoms with E-state index in [4.69, 9.17) is 4.74 Å². The van der Waals surface area contributed by atoms with Crippen molar-refractivity contribution < 1.29 is 14.3 Å². The quantitative estimate of drug-likeness (QED) is 0.721. The number of rotatable bonds is 1. The van der Waals surface area contributed by atoms with Crippen molar-refractivity contribution in [2.75, 3.05) is 31.6 Å². The van der Waals surface area contributed by atoms with E-state index in [0.29, 0.717) is 32.1 Å². The molecular formula is C12H15N3O3. The predicted octanol–water partition coefficient (Wildman–Crippen LogP) is 0.187. The van der Waals surface area contributed by atoms with Crippen LogP contribution in [0.2, 0.25) is 0 Å². The van der Waals surface area contributed by atoms with Gasteiger partial charge in [-0.3, -0.25) is 9.59 Å². The summed E-state index contributed by atoms with van der Waals surface area (Å²) in [4.78, 5) is 29.0. The Bertz CT molecular complexity index is 456. The topological polar surface area (TPSA) is 71.5 Å². The Balaban J connectivity index is 1.96. The summed E-state index contributed by atoms with van der Waals surface area (Å²) in [6, 6.07) is 3.53. The van der Waals surface area contributed by atoms with E-state index < -0.39 is 11.8 Å². The minimum absolute atomic E-state index is 0.390. The van der Waals surface area contributed by atoms with Gasteiger partial charge in [-0.15, -0.1) is 0 Å². The number of amides is 2. The fraction of sp³-hybridized carbons (Fsp3) is 0.417. The Morgan fingerprint density at radius 3 is 2.78 bits per heavy atom. The predicted molar refractivity (Wildman–Crippen MR) is 65.0 cm³/mol. The standard InChI is InChI=1S/C12H15N3O3/c1-9-2-3-13-10(8-9)14-11(16)12(17)15-4-6-18-7-5-15/h2-3,8H,4-7H2,1H3,(H,13,14,16). The van der Waals surface area contributed by atoms with Crippen LogP contribution in [0, 0.1) is 6.92 Å². The molecule has 0 spiro atoms. The molecule has 6 nitrogen and oxygen atoms in total. The average Bonchev–Trinajstić information content (AvgIpc) is 2.39. The number of morpholine rings is 1. The maximum atomic E-state index is 11.8. The van der Waals surface area contributed by atoms with Gasteiger partial charge in [-0.05, 0) is 24.6 Å². The molecule has 0 radical (unpaired) electrons. The third-order valence-corrected chi connectivity index (χ3v) is 2.65. The number of ether oxygens (including phenoxy) is 1. The van der Waals surface area contributed by atoms with E-state index in [-0.39, 0.29) is 0 Å². The lowest BCUT2D eigenvalue weighted by Crippen LogP contribution is -2.45. The number of hydrogen-bond donors (Lipinski definition) is 1. The van der Waals surface area contributed by atoms with Crippen LogP contribution in [0.5, 0.6) is 0 Å². The molecule has 6 heteroatoms. The van der Waals surface area contributed by atoms with Crippen molar-refractivity contribution in [1.29, 1.82) is 0 Å². The molecule has 96 valence electrons.